The number of rotatable bonds is 5. The molecule has 0 spiro atoms. The van der Waals surface area contributed by atoms with Crippen LogP contribution in [-0.2, 0) is 6.42 Å². The van der Waals surface area contributed by atoms with Gasteiger partial charge in [0.15, 0.2) is 0 Å². The lowest BCUT2D eigenvalue weighted by Crippen LogP contribution is -2.53. The van der Waals surface area contributed by atoms with Gasteiger partial charge in [0.2, 0.25) is 5.95 Å². The van der Waals surface area contributed by atoms with Crippen LogP contribution in [0.1, 0.15) is 18.9 Å². The molecule has 132 valence electrons. The fourth-order valence-electron chi connectivity index (χ4n) is 2.97. The Bertz CT molecular complexity index is 656. The van der Waals surface area contributed by atoms with Gasteiger partial charge in [-0.25, -0.2) is 14.8 Å². The second kappa shape index (κ2) is 8.46. The summed E-state index contributed by atoms with van der Waals surface area (Å²) in [4.78, 5) is 25.0. The van der Waals surface area contributed by atoms with E-state index in [9.17, 15) is 4.79 Å². The molecule has 1 atom stereocenters. The molecule has 1 fully saturated rings. The van der Waals surface area contributed by atoms with Crippen molar-refractivity contribution in [2.24, 2.45) is 0 Å². The van der Waals surface area contributed by atoms with Gasteiger partial charge in [-0.2, -0.15) is 0 Å². The van der Waals surface area contributed by atoms with Crippen molar-refractivity contribution >= 4 is 12.0 Å². The van der Waals surface area contributed by atoms with Crippen LogP contribution < -0.4 is 10.2 Å². The number of aromatic nitrogens is 2. The summed E-state index contributed by atoms with van der Waals surface area (Å²) in [6, 6.07) is 12.4. The van der Waals surface area contributed by atoms with Gasteiger partial charge in [-0.3, -0.25) is 0 Å². The molecule has 1 saturated heterocycles. The topological polar surface area (TPSA) is 61.4 Å². The summed E-state index contributed by atoms with van der Waals surface area (Å²) in [5.41, 5.74) is 1.31. The zero-order chi connectivity index (χ0) is 17.5. The van der Waals surface area contributed by atoms with Gasteiger partial charge >= 0.3 is 6.03 Å². The number of benzene rings is 1. The minimum absolute atomic E-state index is 0.0224. The molecule has 0 radical (unpaired) electrons. The molecule has 2 heterocycles. The molecule has 25 heavy (non-hydrogen) atoms. The highest BCUT2D eigenvalue weighted by atomic mass is 16.2. The van der Waals surface area contributed by atoms with Gasteiger partial charge in [-0.1, -0.05) is 30.3 Å². The van der Waals surface area contributed by atoms with Gasteiger partial charge in [-0.05, 0) is 31.4 Å². The fourth-order valence-corrected chi connectivity index (χ4v) is 2.97. The zero-order valence-corrected chi connectivity index (χ0v) is 14.6. The summed E-state index contributed by atoms with van der Waals surface area (Å²) in [6.45, 7) is 4.96. The quantitative estimate of drug-likeness (QED) is 0.908. The molecule has 0 unspecified atom stereocenters. The van der Waals surface area contributed by atoms with Crippen LogP contribution >= 0.6 is 0 Å². The largest absolute Gasteiger partial charge is 0.337 e. The zero-order valence-electron chi connectivity index (χ0n) is 14.6. The molecule has 1 aliphatic heterocycles. The van der Waals surface area contributed by atoms with Crippen LogP contribution in [0.4, 0.5) is 10.7 Å². The van der Waals surface area contributed by atoms with E-state index in [4.69, 9.17) is 0 Å². The van der Waals surface area contributed by atoms with Crippen molar-refractivity contribution in [3.63, 3.8) is 0 Å². The van der Waals surface area contributed by atoms with Crippen molar-refractivity contribution < 1.29 is 4.79 Å². The molecule has 0 aliphatic carbocycles. The molecule has 1 aromatic carbocycles. The van der Waals surface area contributed by atoms with Crippen LogP contribution in [0, 0.1) is 0 Å². The molecule has 0 bridgehead atoms. The molecule has 3 rings (SSSR count). The monoisotopic (exact) mass is 339 g/mol. The average Bonchev–Trinajstić information content (AvgIpc) is 2.68. The molecule has 0 saturated carbocycles. The third-order valence-corrected chi connectivity index (χ3v) is 4.48. The van der Waals surface area contributed by atoms with Gasteiger partial charge in [-0.15, -0.1) is 0 Å². The van der Waals surface area contributed by atoms with E-state index in [2.05, 4.69) is 51.4 Å². The van der Waals surface area contributed by atoms with E-state index in [0.29, 0.717) is 13.1 Å². The summed E-state index contributed by atoms with van der Waals surface area (Å²) >= 11 is 0. The highest BCUT2D eigenvalue weighted by Crippen LogP contribution is 2.10. The first-order valence-corrected chi connectivity index (χ1v) is 8.84. The molecule has 1 aliphatic rings. The molecule has 2 aromatic rings. The third kappa shape index (κ3) is 4.92. The maximum Gasteiger partial charge on any atom is 0.317 e. The van der Waals surface area contributed by atoms with Crippen LogP contribution in [-0.4, -0.2) is 53.1 Å². The number of urea groups is 1. The minimum atomic E-state index is 0.0224. The number of carbonyl (C=O) groups excluding carboxylic acids is 1. The Balaban J connectivity index is 1.41. The van der Waals surface area contributed by atoms with E-state index in [0.717, 1.165) is 31.9 Å². The lowest BCUT2D eigenvalue weighted by atomic mass is 10.1. The van der Waals surface area contributed by atoms with E-state index in [1.54, 1.807) is 12.4 Å². The Kier molecular flexibility index (Phi) is 5.82. The standard InChI is InChI=1S/C19H25N5O/c1-16(8-9-17-6-3-2-4-7-17)22-19(25)24-14-12-23(13-15-24)18-20-10-5-11-21-18/h2-7,10-11,16H,8-9,12-15H2,1H3,(H,22,25)/t16-/m0/s1. The number of anilines is 1. The van der Waals surface area contributed by atoms with Crippen LogP contribution in [0.15, 0.2) is 48.8 Å². The van der Waals surface area contributed by atoms with E-state index < -0.39 is 0 Å². The van der Waals surface area contributed by atoms with Gasteiger partial charge in [0.1, 0.15) is 0 Å². The van der Waals surface area contributed by atoms with Crippen LogP contribution in [0.25, 0.3) is 0 Å². The molecule has 6 nitrogen and oxygen atoms in total. The lowest BCUT2D eigenvalue weighted by Gasteiger charge is -2.35. The van der Waals surface area contributed by atoms with Gasteiger partial charge in [0.05, 0.1) is 0 Å². The number of piperazine rings is 1. The Morgan fingerprint density at radius 3 is 2.44 bits per heavy atom. The van der Waals surface area contributed by atoms with Crippen molar-refractivity contribution in [2.45, 2.75) is 25.8 Å². The van der Waals surface area contributed by atoms with Crippen molar-refractivity contribution in [3.05, 3.63) is 54.4 Å². The van der Waals surface area contributed by atoms with Crippen molar-refractivity contribution in [3.8, 4) is 0 Å². The predicted octanol–water partition coefficient (Wildman–Crippen LogP) is 2.33. The number of carbonyl (C=O) groups is 1. The minimum Gasteiger partial charge on any atom is -0.337 e. The Hall–Kier alpha value is -2.63. The highest BCUT2D eigenvalue weighted by molar-refractivity contribution is 5.74. The summed E-state index contributed by atoms with van der Waals surface area (Å²) in [5, 5.41) is 3.11. The number of nitrogens with one attached hydrogen (secondary N) is 1. The number of hydrogen-bond acceptors (Lipinski definition) is 4. The summed E-state index contributed by atoms with van der Waals surface area (Å²) < 4.78 is 0. The Morgan fingerprint density at radius 1 is 1.08 bits per heavy atom. The number of aryl methyl sites for hydroxylation is 1. The first kappa shape index (κ1) is 17.2. The first-order chi connectivity index (χ1) is 12.2. The van der Waals surface area contributed by atoms with Crippen LogP contribution in [0.5, 0.6) is 0 Å². The average molecular weight is 339 g/mol. The molecular formula is C19H25N5O. The van der Waals surface area contributed by atoms with Crippen LogP contribution in [0.3, 0.4) is 0 Å². The van der Waals surface area contributed by atoms with Gasteiger partial charge in [0, 0.05) is 44.6 Å². The third-order valence-electron chi connectivity index (χ3n) is 4.48. The van der Waals surface area contributed by atoms with Crippen molar-refractivity contribution in [2.75, 3.05) is 31.1 Å². The smallest absolute Gasteiger partial charge is 0.317 e. The number of amides is 2. The Morgan fingerprint density at radius 2 is 1.76 bits per heavy atom. The normalized spacial score (nSPS) is 15.7. The molecule has 6 heteroatoms. The van der Waals surface area contributed by atoms with E-state index in [1.807, 2.05) is 17.0 Å². The molecule has 1 N–H and O–H groups in total. The second-order valence-corrected chi connectivity index (χ2v) is 6.40. The second-order valence-electron chi connectivity index (χ2n) is 6.40. The fraction of sp³-hybridized carbons (Fsp3) is 0.421. The molecule has 1 aromatic heterocycles. The summed E-state index contributed by atoms with van der Waals surface area (Å²) in [7, 11) is 0. The van der Waals surface area contributed by atoms with Crippen LogP contribution in [0.2, 0.25) is 0 Å². The first-order valence-electron chi connectivity index (χ1n) is 8.84. The number of nitrogens with zero attached hydrogens (tertiary/aromatic N) is 4. The predicted molar refractivity (Wildman–Crippen MR) is 98.6 cm³/mol. The maximum absolute atomic E-state index is 12.4. The van der Waals surface area contributed by atoms with Crippen molar-refractivity contribution in [1.82, 2.24) is 20.2 Å². The SMILES string of the molecule is C[C@@H](CCc1ccccc1)NC(=O)N1CCN(c2ncccn2)CC1. The number of hydrogen-bond donors (Lipinski definition) is 1. The van der Waals surface area contributed by atoms with E-state index in [1.165, 1.54) is 5.56 Å². The Labute approximate surface area is 148 Å². The highest BCUT2D eigenvalue weighted by Gasteiger charge is 2.23. The van der Waals surface area contributed by atoms with Crippen molar-refractivity contribution in [1.29, 1.82) is 0 Å². The summed E-state index contributed by atoms with van der Waals surface area (Å²) in [6.07, 6.45) is 5.40. The van der Waals surface area contributed by atoms with E-state index >= 15 is 0 Å². The lowest BCUT2D eigenvalue weighted by molar-refractivity contribution is 0.190. The summed E-state index contributed by atoms with van der Waals surface area (Å²) in [5.74, 6) is 0.735. The molecule has 2 amide bonds. The molecular weight excluding hydrogens is 314 g/mol. The van der Waals surface area contributed by atoms with Gasteiger partial charge in [0.25, 0.3) is 0 Å². The maximum atomic E-state index is 12.4. The van der Waals surface area contributed by atoms with Gasteiger partial charge < -0.3 is 15.1 Å². The van der Waals surface area contributed by atoms with E-state index in [-0.39, 0.29) is 12.1 Å².